The van der Waals surface area contributed by atoms with Crippen LogP contribution in [0.5, 0.6) is 0 Å². The Balaban J connectivity index is 0.000000296. The first kappa shape index (κ1) is 46.8. The Morgan fingerprint density at radius 2 is 1.46 bits per heavy atom. The fraction of sp³-hybridized carbons (Fsp3) is 0.538. The van der Waals surface area contributed by atoms with E-state index >= 15 is 0 Å². The van der Waals surface area contributed by atoms with Crippen LogP contribution in [0.2, 0.25) is 0 Å². The van der Waals surface area contributed by atoms with E-state index in [2.05, 4.69) is 159 Å². The van der Waals surface area contributed by atoms with Gasteiger partial charge in [-0.1, -0.05) is 139 Å². The van der Waals surface area contributed by atoms with E-state index in [9.17, 15) is 4.79 Å². The summed E-state index contributed by atoms with van der Waals surface area (Å²) in [6.45, 7) is 35.9. The maximum atomic E-state index is 12.7. The van der Waals surface area contributed by atoms with E-state index < -0.39 is 0 Å². The molecule has 1 aliphatic carbocycles. The van der Waals surface area contributed by atoms with Gasteiger partial charge in [0.05, 0.1) is 0 Å². The van der Waals surface area contributed by atoms with Gasteiger partial charge in [-0.05, 0) is 101 Å². The quantitative estimate of drug-likeness (QED) is 0.103. The van der Waals surface area contributed by atoms with Crippen molar-refractivity contribution >= 4 is 48.1 Å². The molecule has 6 rings (SSSR count). The van der Waals surface area contributed by atoms with Crippen LogP contribution in [0, 0.1) is 23.8 Å². The summed E-state index contributed by atoms with van der Waals surface area (Å²) in [7, 11) is 0. The summed E-state index contributed by atoms with van der Waals surface area (Å²) in [5, 5.41) is 9.95. The molecular formula is C52H70IrN2OS-2. The summed E-state index contributed by atoms with van der Waals surface area (Å²) >= 11 is 1.95. The number of nitrogens with zero attached hydrogens (tertiary/aromatic N) is 2. The predicted molar refractivity (Wildman–Crippen MR) is 247 cm³/mol. The van der Waals surface area contributed by atoms with Crippen LogP contribution in [0.15, 0.2) is 60.4 Å². The van der Waals surface area contributed by atoms with Crippen molar-refractivity contribution in [2.24, 2.45) is 10.8 Å². The fourth-order valence-corrected chi connectivity index (χ4v) is 10.1. The minimum Gasteiger partial charge on any atom is -0.685 e. The number of rotatable bonds is 10. The van der Waals surface area contributed by atoms with Gasteiger partial charge in [0, 0.05) is 52.2 Å². The van der Waals surface area contributed by atoms with Gasteiger partial charge in [-0.3, -0.25) is 9.78 Å². The van der Waals surface area contributed by atoms with Crippen LogP contribution in [0.25, 0.3) is 47.5 Å². The second-order valence-corrected chi connectivity index (χ2v) is 20.8. The van der Waals surface area contributed by atoms with Gasteiger partial charge >= 0.3 is 0 Å². The summed E-state index contributed by atoms with van der Waals surface area (Å²) in [6, 6.07) is 19.7. The number of carbonyl (C=O) groups excluding carboxylic acids is 1. The summed E-state index contributed by atoms with van der Waals surface area (Å²) in [4.78, 5) is 17.6. The van der Waals surface area contributed by atoms with Crippen molar-refractivity contribution in [2.45, 2.75) is 172 Å². The third-order valence-electron chi connectivity index (χ3n) is 13.5. The molecule has 0 bridgehead atoms. The number of fused-ring (bicyclic) bond motifs is 6. The van der Waals surface area contributed by atoms with Crippen LogP contribution >= 0.6 is 11.3 Å². The Hall–Kier alpha value is -2.85. The Morgan fingerprint density at radius 1 is 0.860 bits per heavy atom. The molecule has 0 N–H and O–H groups in total. The van der Waals surface area contributed by atoms with Crippen LogP contribution in [0.3, 0.4) is 0 Å². The predicted octanol–water partition coefficient (Wildman–Crippen LogP) is 15.9. The van der Waals surface area contributed by atoms with Crippen LogP contribution < -0.4 is 0 Å². The first-order chi connectivity index (χ1) is 26.1. The molecule has 3 aromatic carbocycles. The van der Waals surface area contributed by atoms with Crippen molar-refractivity contribution < 1.29 is 24.9 Å². The number of pyridine rings is 1. The first-order valence-electron chi connectivity index (χ1n) is 21.4. The molecule has 0 fully saturated rings. The number of allylic oxidation sites excluding steroid dienone is 2. The first-order valence-corrected chi connectivity index (χ1v) is 22.2. The zero-order valence-corrected chi connectivity index (χ0v) is 41.3. The molecule has 2 aromatic heterocycles. The van der Waals surface area contributed by atoms with E-state index in [1.165, 1.54) is 55.1 Å². The SMILES string of the molecule is CCC(C)(CC)C(=O)/C=C(\[N-]C(C)C)C(C)(CC)CC.Cc1cc2c(c3sc4c(-c5[c-]c6ccccc6c(C(C)(C)C)c5)nccc4c13)C(C)(C)CCC2(C)C.[Ir]. The van der Waals surface area contributed by atoms with Crippen molar-refractivity contribution in [1.29, 1.82) is 0 Å². The van der Waals surface area contributed by atoms with Gasteiger partial charge < -0.3 is 5.32 Å². The molecule has 0 unspecified atom stereocenters. The van der Waals surface area contributed by atoms with Crippen molar-refractivity contribution in [2.75, 3.05) is 0 Å². The molecule has 0 saturated heterocycles. The van der Waals surface area contributed by atoms with E-state index in [0.29, 0.717) is 0 Å². The van der Waals surface area contributed by atoms with Crippen molar-refractivity contribution in [1.82, 2.24) is 4.98 Å². The molecule has 0 saturated carbocycles. The molecule has 0 amide bonds. The van der Waals surface area contributed by atoms with Gasteiger partial charge in [-0.25, -0.2) is 0 Å². The average molecular weight is 963 g/mol. The molecule has 0 aliphatic heterocycles. The molecule has 3 nitrogen and oxygen atoms in total. The van der Waals surface area contributed by atoms with E-state index in [4.69, 9.17) is 10.3 Å². The molecule has 1 radical (unpaired) electrons. The van der Waals surface area contributed by atoms with E-state index in [1.807, 2.05) is 23.6 Å². The molecule has 1 aliphatic rings. The molecular weight excluding hydrogens is 893 g/mol. The number of thiophene rings is 1. The largest absolute Gasteiger partial charge is 0.685 e. The van der Waals surface area contributed by atoms with Gasteiger partial charge in [0.1, 0.15) is 0 Å². The average Bonchev–Trinajstić information content (AvgIpc) is 3.55. The third-order valence-corrected chi connectivity index (χ3v) is 14.7. The molecule has 0 spiro atoms. The normalized spacial score (nSPS) is 15.6. The second-order valence-electron chi connectivity index (χ2n) is 19.8. The van der Waals surface area contributed by atoms with E-state index in [-0.39, 0.29) is 59.0 Å². The second kappa shape index (κ2) is 17.4. The van der Waals surface area contributed by atoms with E-state index in [0.717, 1.165) is 48.0 Å². The number of hydrogen-bond donors (Lipinski definition) is 0. The number of aromatic nitrogens is 1. The van der Waals surface area contributed by atoms with Crippen molar-refractivity contribution in [3.05, 3.63) is 94.1 Å². The number of ketones is 1. The Kier molecular flexibility index (Phi) is 14.3. The minimum absolute atomic E-state index is 0. The van der Waals surface area contributed by atoms with Gasteiger partial charge in [-0.15, -0.1) is 46.5 Å². The zero-order valence-electron chi connectivity index (χ0n) is 38.1. The molecule has 311 valence electrons. The van der Waals surface area contributed by atoms with Crippen LogP contribution in [0.1, 0.15) is 165 Å². The monoisotopic (exact) mass is 963 g/mol. The maximum absolute atomic E-state index is 12.7. The van der Waals surface area contributed by atoms with Crippen molar-refractivity contribution in [3.8, 4) is 11.3 Å². The van der Waals surface area contributed by atoms with Crippen LogP contribution in [0.4, 0.5) is 0 Å². The smallest absolute Gasteiger partial charge is 0.160 e. The topological polar surface area (TPSA) is 44.1 Å². The molecule has 5 heteroatoms. The minimum atomic E-state index is -0.250. The standard InChI is InChI=1S/C34H36NS.C18H35NO.Ir/c1-20-17-26-28(34(7,8)15-14-33(26,5)6)31-27(20)24-13-16-35-29(30(24)36-31)22-18-21-11-9-10-12-23(21)25(19-22)32(2,3)4;1-9-17(7,10-2)15(19-14(5)6)13-16(20)18(8,11-3)12-4;/h9-13,16-17,19H,14-15H2,1-8H3;13-14H,9-12H2,1-8H3,(H,19,20);/q-1;;/p-1. The van der Waals surface area contributed by atoms with Crippen LogP contribution in [-0.4, -0.2) is 16.8 Å². The van der Waals surface area contributed by atoms with E-state index in [1.54, 1.807) is 5.56 Å². The Morgan fingerprint density at radius 3 is 2.04 bits per heavy atom. The molecule has 2 heterocycles. The fourth-order valence-electron chi connectivity index (χ4n) is 8.49. The summed E-state index contributed by atoms with van der Waals surface area (Å²) in [6.07, 6.45) is 10.1. The number of carbonyl (C=O) groups is 1. The zero-order chi connectivity index (χ0) is 41.6. The number of aryl methyl sites for hydroxylation is 1. The molecule has 57 heavy (non-hydrogen) atoms. The van der Waals surface area contributed by atoms with Gasteiger partial charge in [-0.2, -0.15) is 5.70 Å². The Labute approximate surface area is 363 Å². The van der Waals surface area contributed by atoms with Crippen LogP contribution in [-0.2, 0) is 41.1 Å². The van der Waals surface area contributed by atoms with Gasteiger partial charge in [0.25, 0.3) is 0 Å². The molecule has 0 atom stereocenters. The third kappa shape index (κ3) is 9.17. The summed E-state index contributed by atoms with van der Waals surface area (Å²) in [5.74, 6) is 0.232. The molecule has 5 aromatic rings. The number of benzene rings is 3. The summed E-state index contributed by atoms with van der Waals surface area (Å²) in [5.41, 5.74) is 9.13. The maximum Gasteiger partial charge on any atom is 0.160 e. The van der Waals surface area contributed by atoms with Gasteiger partial charge in [0.2, 0.25) is 0 Å². The Bertz CT molecular complexity index is 2260. The van der Waals surface area contributed by atoms with Crippen molar-refractivity contribution in [3.63, 3.8) is 0 Å². The summed E-state index contributed by atoms with van der Waals surface area (Å²) < 4.78 is 2.75. The van der Waals surface area contributed by atoms with Gasteiger partial charge in [0.15, 0.2) is 5.78 Å². The number of hydrogen-bond acceptors (Lipinski definition) is 3.